The van der Waals surface area contributed by atoms with Gasteiger partial charge in [-0.05, 0) is 38.1 Å². The Labute approximate surface area is 184 Å². The fourth-order valence-corrected chi connectivity index (χ4v) is 4.85. The molecule has 2 aromatic rings. The van der Waals surface area contributed by atoms with Gasteiger partial charge in [-0.25, -0.2) is 14.6 Å². The van der Waals surface area contributed by atoms with E-state index in [0.29, 0.717) is 29.2 Å². The number of hydrogen-bond acceptors (Lipinski definition) is 8. The SMILES string of the molecule is C=Cc1nn([C@@H]2O[C@@H](CO[Si](C)(C)C(C)(C)C)[C@H]3OC(C)(C)O[C@H]32)c2ncnc(N)c12. The van der Waals surface area contributed by atoms with E-state index in [9.17, 15) is 0 Å². The molecule has 170 valence electrons. The first-order chi connectivity index (χ1) is 14.3. The molecule has 0 spiro atoms. The minimum absolute atomic E-state index is 0.0994. The summed E-state index contributed by atoms with van der Waals surface area (Å²) in [4.78, 5) is 8.50. The Bertz CT molecular complexity index is 1000. The molecular weight excluding hydrogens is 414 g/mol. The molecule has 0 aromatic carbocycles. The second kappa shape index (κ2) is 7.34. The van der Waals surface area contributed by atoms with Crippen LogP contribution in [-0.4, -0.2) is 58.8 Å². The van der Waals surface area contributed by atoms with Crippen molar-refractivity contribution in [2.45, 2.75) is 83.1 Å². The first-order valence-electron chi connectivity index (χ1n) is 10.6. The van der Waals surface area contributed by atoms with E-state index in [4.69, 9.17) is 24.4 Å². The van der Waals surface area contributed by atoms with Gasteiger partial charge in [0, 0.05) is 0 Å². The molecule has 4 rings (SSSR count). The molecule has 0 radical (unpaired) electrons. The molecule has 2 aliphatic heterocycles. The number of nitrogens with two attached hydrogens (primary N) is 1. The van der Waals surface area contributed by atoms with Gasteiger partial charge in [-0.1, -0.05) is 27.4 Å². The highest BCUT2D eigenvalue weighted by atomic mass is 28.4. The van der Waals surface area contributed by atoms with Crippen molar-refractivity contribution in [3.05, 3.63) is 18.6 Å². The van der Waals surface area contributed by atoms with Crippen LogP contribution < -0.4 is 5.73 Å². The maximum atomic E-state index is 6.46. The lowest BCUT2D eigenvalue weighted by molar-refractivity contribution is -0.200. The van der Waals surface area contributed by atoms with E-state index in [1.807, 2.05) is 13.8 Å². The Kier molecular flexibility index (Phi) is 5.29. The molecule has 4 heterocycles. The number of anilines is 1. The summed E-state index contributed by atoms with van der Waals surface area (Å²) in [6.07, 6.45) is 1.58. The van der Waals surface area contributed by atoms with Crippen molar-refractivity contribution in [1.82, 2.24) is 19.7 Å². The Hall–Kier alpha value is -1.85. The number of ether oxygens (including phenoxy) is 3. The van der Waals surface area contributed by atoms with Crippen LogP contribution in [-0.2, 0) is 18.6 Å². The minimum Gasteiger partial charge on any atom is -0.414 e. The maximum absolute atomic E-state index is 6.46. The van der Waals surface area contributed by atoms with Crippen molar-refractivity contribution in [2.24, 2.45) is 0 Å². The van der Waals surface area contributed by atoms with Crippen LogP contribution in [0.5, 0.6) is 0 Å². The monoisotopic (exact) mass is 447 g/mol. The zero-order chi connectivity index (χ0) is 22.8. The molecule has 0 amide bonds. The van der Waals surface area contributed by atoms with Crippen molar-refractivity contribution in [2.75, 3.05) is 12.3 Å². The van der Waals surface area contributed by atoms with E-state index in [2.05, 4.69) is 55.5 Å². The number of hydrogen-bond donors (Lipinski definition) is 1. The zero-order valence-electron chi connectivity index (χ0n) is 19.4. The average molecular weight is 448 g/mol. The molecule has 9 nitrogen and oxygen atoms in total. The Balaban J connectivity index is 1.68. The van der Waals surface area contributed by atoms with Gasteiger partial charge >= 0.3 is 0 Å². The topological polar surface area (TPSA) is 107 Å². The third-order valence-corrected chi connectivity index (χ3v) is 11.0. The third-order valence-electron chi connectivity index (χ3n) is 6.52. The molecule has 2 aliphatic rings. The van der Waals surface area contributed by atoms with Gasteiger partial charge in [-0.3, -0.25) is 0 Å². The summed E-state index contributed by atoms with van der Waals surface area (Å²) in [7, 11) is -1.96. The quantitative estimate of drug-likeness (QED) is 0.694. The molecule has 2 fully saturated rings. The highest BCUT2D eigenvalue weighted by Crippen LogP contribution is 2.45. The van der Waals surface area contributed by atoms with E-state index in [-0.39, 0.29) is 23.4 Å². The fraction of sp³-hybridized carbons (Fsp3) is 0.667. The molecule has 0 aliphatic carbocycles. The van der Waals surface area contributed by atoms with E-state index in [1.54, 1.807) is 10.8 Å². The highest BCUT2D eigenvalue weighted by molar-refractivity contribution is 6.74. The maximum Gasteiger partial charge on any atom is 0.192 e. The van der Waals surface area contributed by atoms with Crippen LogP contribution in [0, 0.1) is 0 Å². The van der Waals surface area contributed by atoms with E-state index in [0.717, 1.165) is 0 Å². The average Bonchev–Trinajstić information content (AvgIpc) is 3.28. The lowest BCUT2D eigenvalue weighted by atomic mass is 10.1. The predicted octanol–water partition coefficient (Wildman–Crippen LogP) is 3.49. The number of nitrogens with zero attached hydrogens (tertiary/aromatic N) is 4. The number of fused-ring (bicyclic) bond motifs is 2. The highest BCUT2D eigenvalue weighted by Gasteiger charge is 2.57. The number of nitrogen functional groups attached to an aromatic ring is 1. The predicted molar refractivity (Wildman–Crippen MR) is 121 cm³/mol. The van der Waals surface area contributed by atoms with Crippen LogP contribution in [0.15, 0.2) is 12.9 Å². The third kappa shape index (κ3) is 3.80. The van der Waals surface area contributed by atoms with Crippen LogP contribution in [0.2, 0.25) is 18.1 Å². The van der Waals surface area contributed by atoms with E-state index in [1.165, 1.54) is 6.33 Å². The van der Waals surface area contributed by atoms with Crippen LogP contribution in [0.1, 0.15) is 46.5 Å². The molecule has 2 saturated heterocycles. The normalized spacial score (nSPS) is 28.2. The lowest BCUT2D eigenvalue weighted by Gasteiger charge is -2.37. The lowest BCUT2D eigenvalue weighted by Crippen LogP contribution is -2.44. The molecule has 4 atom stereocenters. The summed E-state index contributed by atoms with van der Waals surface area (Å²) in [6.45, 7) is 19.2. The zero-order valence-corrected chi connectivity index (χ0v) is 20.4. The Morgan fingerprint density at radius 1 is 1.26 bits per heavy atom. The standard InChI is InChI=1S/C21H33N5O4Si/c1-9-12-14-17(22)23-11-24-18(14)26(25-12)19-16-15(29-21(5,6)30-16)13(28-19)10-27-31(7,8)20(2,3)4/h9,11,13,15-16,19H,1,10H2,2-8H3,(H2,22,23,24)/t13-,15+,16+,19+/m0/s1. The van der Waals surface area contributed by atoms with Crippen molar-refractivity contribution >= 4 is 31.2 Å². The summed E-state index contributed by atoms with van der Waals surface area (Å²) in [5, 5.41) is 5.41. The van der Waals surface area contributed by atoms with Crippen molar-refractivity contribution in [1.29, 1.82) is 0 Å². The van der Waals surface area contributed by atoms with Crippen LogP contribution in [0.3, 0.4) is 0 Å². The first kappa shape index (κ1) is 22.3. The van der Waals surface area contributed by atoms with E-state index < -0.39 is 20.3 Å². The van der Waals surface area contributed by atoms with Crippen molar-refractivity contribution in [3.8, 4) is 0 Å². The van der Waals surface area contributed by atoms with Crippen LogP contribution in [0.4, 0.5) is 5.82 Å². The molecule has 2 aromatic heterocycles. The summed E-state index contributed by atoms with van der Waals surface area (Å²) in [5.74, 6) is -0.382. The van der Waals surface area contributed by atoms with Gasteiger partial charge in [0.05, 0.1) is 17.7 Å². The minimum atomic E-state index is -1.96. The second-order valence-corrected chi connectivity index (χ2v) is 15.0. The van der Waals surface area contributed by atoms with Gasteiger partial charge in [0.15, 0.2) is 26.0 Å². The van der Waals surface area contributed by atoms with Crippen molar-refractivity contribution < 1.29 is 18.6 Å². The molecule has 2 N–H and O–H groups in total. The first-order valence-corrected chi connectivity index (χ1v) is 13.5. The molecule has 10 heteroatoms. The smallest absolute Gasteiger partial charge is 0.192 e. The second-order valence-electron chi connectivity index (χ2n) is 10.2. The molecule has 31 heavy (non-hydrogen) atoms. The Morgan fingerprint density at radius 2 is 1.94 bits per heavy atom. The van der Waals surface area contributed by atoms with Gasteiger partial charge in [0.25, 0.3) is 0 Å². The number of rotatable bonds is 5. The van der Waals surface area contributed by atoms with Crippen LogP contribution >= 0.6 is 0 Å². The van der Waals surface area contributed by atoms with Gasteiger partial charge in [-0.2, -0.15) is 5.10 Å². The number of aromatic nitrogens is 4. The van der Waals surface area contributed by atoms with Crippen LogP contribution in [0.25, 0.3) is 17.1 Å². The molecular formula is C21H33N5O4Si. The molecule has 0 bridgehead atoms. The fourth-order valence-electron chi connectivity index (χ4n) is 3.84. The summed E-state index contributed by atoms with van der Waals surface area (Å²) >= 11 is 0. The summed E-state index contributed by atoms with van der Waals surface area (Å²) < 4.78 is 27.1. The van der Waals surface area contributed by atoms with E-state index >= 15 is 0 Å². The van der Waals surface area contributed by atoms with Gasteiger partial charge < -0.3 is 24.4 Å². The van der Waals surface area contributed by atoms with Crippen molar-refractivity contribution in [3.63, 3.8) is 0 Å². The van der Waals surface area contributed by atoms with Gasteiger partial charge in [0.2, 0.25) is 0 Å². The van der Waals surface area contributed by atoms with Gasteiger partial charge in [0.1, 0.15) is 30.5 Å². The molecule has 0 saturated carbocycles. The largest absolute Gasteiger partial charge is 0.414 e. The summed E-state index contributed by atoms with van der Waals surface area (Å²) in [5.41, 5.74) is 7.27. The summed E-state index contributed by atoms with van der Waals surface area (Å²) in [6, 6.07) is 0. The molecule has 0 unspecified atom stereocenters. The van der Waals surface area contributed by atoms with Gasteiger partial charge in [-0.15, -0.1) is 0 Å². The Morgan fingerprint density at radius 3 is 2.58 bits per heavy atom.